The molecule has 1 heterocycles. The Balaban J connectivity index is 2.51. The van der Waals surface area contributed by atoms with Gasteiger partial charge in [-0.05, 0) is 13.0 Å². The third kappa shape index (κ3) is 2.92. The van der Waals surface area contributed by atoms with Crippen LogP contribution < -0.4 is 0 Å². The van der Waals surface area contributed by atoms with Crippen molar-refractivity contribution in [3.8, 4) is 0 Å². The highest BCUT2D eigenvalue weighted by Crippen LogP contribution is 2.15. The van der Waals surface area contributed by atoms with E-state index in [9.17, 15) is 9.59 Å². The van der Waals surface area contributed by atoms with E-state index in [0.717, 1.165) is 19.5 Å². The number of nitrogens with zero attached hydrogens (tertiary/aromatic N) is 2. The maximum atomic E-state index is 11.7. The molecule has 0 radical (unpaired) electrons. The maximum absolute atomic E-state index is 11.7. The number of likely N-dealkylation sites (tertiary alicyclic amines) is 1. The Morgan fingerprint density at radius 1 is 1.67 bits per heavy atom. The Morgan fingerprint density at radius 2 is 2.33 bits per heavy atom. The van der Waals surface area contributed by atoms with Gasteiger partial charge in [-0.15, -0.1) is 0 Å². The molecule has 1 fully saturated rings. The highest BCUT2D eigenvalue weighted by Gasteiger charge is 2.33. The van der Waals surface area contributed by atoms with Crippen molar-refractivity contribution >= 4 is 11.9 Å². The molecule has 86 valence electrons. The third-order valence-corrected chi connectivity index (χ3v) is 2.86. The van der Waals surface area contributed by atoms with E-state index in [1.165, 1.54) is 0 Å². The number of hydrogen-bond acceptors (Lipinski definition) is 3. The molecule has 1 aliphatic rings. The van der Waals surface area contributed by atoms with Crippen LogP contribution in [-0.2, 0) is 9.59 Å². The molecule has 0 aromatic carbocycles. The Hall–Kier alpha value is -1.10. The molecular weight excluding hydrogens is 196 g/mol. The number of hydrogen-bond donors (Lipinski definition) is 1. The number of carboxylic acids is 1. The fourth-order valence-corrected chi connectivity index (χ4v) is 1.92. The van der Waals surface area contributed by atoms with Crippen LogP contribution in [0.15, 0.2) is 0 Å². The number of aliphatic carboxylic acids is 1. The van der Waals surface area contributed by atoms with Crippen molar-refractivity contribution in [2.75, 3.05) is 26.7 Å². The third-order valence-electron chi connectivity index (χ3n) is 2.86. The minimum absolute atomic E-state index is 0.0985. The zero-order chi connectivity index (χ0) is 11.4. The summed E-state index contributed by atoms with van der Waals surface area (Å²) in [5, 5.41) is 8.60. The van der Waals surface area contributed by atoms with E-state index >= 15 is 0 Å². The highest BCUT2D eigenvalue weighted by molar-refractivity contribution is 5.83. The van der Waals surface area contributed by atoms with E-state index in [-0.39, 0.29) is 18.4 Å². The maximum Gasteiger partial charge on any atom is 0.304 e. The predicted octanol–water partition coefficient (Wildman–Crippen LogP) is 0.0137. The molecule has 0 spiro atoms. The van der Waals surface area contributed by atoms with Gasteiger partial charge in [0.2, 0.25) is 5.91 Å². The van der Waals surface area contributed by atoms with Crippen LogP contribution >= 0.6 is 0 Å². The summed E-state index contributed by atoms with van der Waals surface area (Å²) in [6.07, 6.45) is 0.907. The first-order valence-corrected chi connectivity index (χ1v) is 5.27. The number of carbonyl (C=O) groups excluding carboxylic acids is 1. The topological polar surface area (TPSA) is 60.9 Å². The largest absolute Gasteiger partial charge is 0.481 e. The van der Waals surface area contributed by atoms with E-state index < -0.39 is 5.97 Å². The summed E-state index contributed by atoms with van der Waals surface area (Å²) in [7, 11) is 1.79. The molecule has 1 atom stereocenters. The van der Waals surface area contributed by atoms with Crippen LogP contribution in [0.3, 0.4) is 0 Å². The first kappa shape index (κ1) is 12.0. The van der Waals surface area contributed by atoms with Crippen molar-refractivity contribution < 1.29 is 14.7 Å². The Bertz CT molecular complexity index is 255. The number of amides is 1. The van der Waals surface area contributed by atoms with Crippen LogP contribution in [0.5, 0.6) is 0 Å². The molecule has 1 aliphatic heterocycles. The normalized spacial score (nSPS) is 21.4. The summed E-state index contributed by atoms with van der Waals surface area (Å²) in [6.45, 7) is 3.90. The van der Waals surface area contributed by atoms with Crippen molar-refractivity contribution in [3.05, 3.63) is 0 Å². The molecule has 1 N–H and O–H groups in total. The average Bonchev–Trinajstić information content (AvgIpc) is 2.50. The van der Waals surface area contributed by atoms with Crippen molar-refractivity contribution in [1.29, 1.82) is 0 Å². The van der Waals surface area contributed by atoms with E-state index in [1.807, 2.05) is 11.8 Å². The molecule has 1 saturated heterocycles. The van der Waals surface area contributed by atoms with Crippen LogP contribution in [0.2, 0.25) is 0 Å². The molecule has 0 aliphatic carbocycles. The lowest BCUT2D eigenvalue weighted by molar-refractivity contribution is -0.138. The molecule has 1 amide bonds. The number of rotatable bonds is 5. The summed E-state index contributed by atoms with van der Waals surface area (Å²) in [4.78, 5) is 25.8. The lowest BCUT2D eigenvalue weighted by Crippen LogP contribution is -2.41. The first-order chi connectivity index (χ1) is 7.06. The summed E-state index contributed by atoms with van der Waals surface area (Å²) in [5.41, 5.74) is 0. The van der Waals surface area contributed by atoms with Gasteiger partial charge in [-0.3, -0.25) is 14.5 Å². The van der Waals surface area contributed by atoms with Crippen molar-refractivity contribution in [2.24, 2.45) is 0 Å². The molecule has 0 saturated carbocycles. The number of likely N-dealkylation sites (N-methyl/N-ethyl adjacent to an activating group) is 2. The van der Waals surface area contributed by atoms with Gasteiger partial charge in [0.15, 0.2) is 0 Å². The SMILES string of the molecule is CCN(CCC(=O)O)C1CCN(C)C1=O. The van der Waals surface area contributed by atoms with Crippen LogP contribution in [-0.4, -0.2) is 59.5 Å². The zero-order valence-corrected chi connectivity index (χ0v) is 9.27. The minimum atomic E-state index is -0.813. The summed E-state index contributed by atoms with van der Waals surface area (Å²) < 4.78 is 0. The van der Waals surface area contributed by atoms with Gasteiger partial charge in [0.25, 0.3) is 0 Å². The zero-order valence-electron chi connectivity index (χ0n) is 9.27. The molecule has 5 heteroatoms. The van der Waals surface area contributed by atoms with Crippen LogP contribution in [0.25, 0.3) is 0 Å². The molecule has 5 nitrogen and oxygen atoms in total. The molecule has 0 bridgehead atoms. The predicted molar refractivity (Wildman–Crippen MR) is 55.5 cm³/mol. The van der Waals surface area contributed by atoms with Gasteiger partial charge in [-0.25, -0.2) is 0 Å². The monoisotopic (exact) mass is 214 g/mol. The second-order valence-electron chi connectivity index (χ2n) is 3.84. The smallest absolute Gasteiger partial charge is 0.304 e. The lowest BCUT2D eigenvalue weighted by Gasteiger charge is -2.25. The molecule has 1 unspecified atom stereocenters. The highest BCUT2D eigenvalue weighted by atomic mass is 16.4. The first-order valence-electron chi connectivity index (χ1n) is 5.27. The van der Waals surface area contributed by atoms with E-state index in [4.69, 9.17) is 5.11 Å². The van der Waals surface area contributed by atoms with Gasteiger partial charge in [0.05, 0.1) is 12.5 Å². The standard InChI is InChI=1S/C10H18N2O3/c1-3-12(7-5-9(13)14)8-4-6-11(2)10(8)15/h8H,3-7H2,1-2H3,(H,13,14). The van der Waals surface area contributed by atoms with Gasteiger partial charge in [-0.1, -0.05) is 6.92 Å². The number of carbonyl (C=O) groups is 2. The fraction of sp³-hybridized carbons (Fsp3) is 0.800. The van der Waals surface area contributed by atoms with Gasteiger partial charge in [-0.2, -0.15) is 0 Å². The van der Waals surface area contributed by atoms with Crippen molar-refractivity contribution in [2.45, 2.75) is 25.8 Å². The van der Waals surface area contributed by atoms with E-state index in [2.05, 4.69) is 0 Å². The molecule has 15 heavy (non-hydrogen) atoms. The molecule has 1 rings (SSSR count). The second-order valence-corrected chi connectivity index (χ2v) is 3.84. The minimum Gasteiger partial charge on any atom is -0.481 e. The molecular formula is C10H18N2O3. The Morgan fingerprint density at radius 3 is 2.73 bits per heavy atom. The number of carboxylic acid groups (broad SMARTS) is 1. The average molecular weight is 214 g/mol. The summed E-state index contributed by atoms with van der Waals surface area (Å²) in [5.74, 6) is -0.700. The fourth-order valence-electron chi connectivity index (χ4n) is 1.92. The van der Waals surface area contributed by atoms with Crippen molar-refractivity contribution in [1.82, 2.24) is 9.80 Å². The van der Waals surface area contributed by atoms with Gasteiger partial charge in [0, 0.05) is 20.1 Å². The molecule has 0 aromatic rings. The summed E-state index contributed by atoms with van der Waals surface area (Å²) in [6, 6.07) is -0.112. The quantitative estimate of drug-likeness (QED) is 0.700. The van der Waals surface area contributed by atoms with Crippen LogP contribution in [0.1, 0.15) is 19.8 Å². The van der Waals surface area contributed by atoms with E-state index in [0.29, 0.717) is 6.54 Å². The Kier molecular flexibility index (Phi) is 4.08. The van der Waals surface area contributed by atoms with Crippen LogP contribution in [0.4, 0.5) is 0 Å². The lowest BCUT2D eigenvalue weighted by atomic mass is 10.2. The Labute approximate surface area is 89.7 Å². The van der Waals surface area contributed by atoms with Crippen molar-refractivity contribution in [3.63, 3.8) is 0 Å². The van der Waals surface area contributed by atoms with E-state index in [1.54, 1.807) is 11.9 Å². The summed E-state index contributed by atoms with van der Waals surface area (Å²) >= 11 is 0. The van der Waals surface area contributed by atoms with Gasteiger partial charge < -0.3 is 10.0 Å². The molecule has 0 aromatic heterocycles. The van der Waals surface area contributed by atoms with Gasteiger partial charge in [0.1, 0.15) is 0 Å². The van der Waals surface area contributed by atoms with Gasteiger partial charge >= 0.3 is 5.97 Å². The van der Waals surface area contributed by atoms with Crippen LogP contribution in [0, 0.1) is 0 Å². The second kappa shape index (κ2) is 5.11.